The first-order valence-electron chi connectivity index (χ1n) is 8.00. The minimum atomic E-state index is -0.269. The Morgan fingerprint density at radius 1 is 1.12 bits per heavy atom. The summed E-state index contributed by atoms with van der Waals surface area (Å²) < 4.78 is 23.7. The second-order valence-corrected chi connectivity index (χ2v) is 6.81. The van der Waals surface area contributed by atoms with Gasteiger partial charge in [-0.2, -0.15) is 0 Å². The number of carbonyl (C=O) groups excluding carboxylic acids is 1. The summed E-state index contributed by atoms with van der Waals surface area (Å²) in [6, 6.07) is 12.1. The zero-order valence-corrected chi connectivity index (χ0v) is 15.0. The number of carbonyl (C=O) groups is 1. The molecule has 2 aromatic carbocycles. The number of halogens is 1. The number of amides is 1. The summed E-state index contributed by atoms with van der Waals surface area (Å²) in [5.74, 6) is 1.66. The van der Waals surface area contributed by atoms with E-state index in [1.807, 2.05) is 23.1 Å². The molecule has 1 atom stereocenters. The van der Waals surface area contributed by atoms with Gasteiger partial charge >= 0.3 is 0 Å². The molecule has 0 aromatic heterocycles. The van der Waals surface area contributed by atoms with Crippen molar-refractivity contribution in [3.63, 3.8) is 0 Å². The summed E-state index contributed by atoms with van der Waals surface area (Å²) in [5.41, 5.74) is 2.02. The highest BCUT2D eigenvalue weighted by Crippen LogP contribution is 2.38. The number of rotatable bonds is 6. The lowest BCUT2D eigenvalue weighted by atomic mass is 10.1. The molecule has 1 aliphatic rings. The Hall–Kier alpha value is -2.21. The van der Waals surface area contributed by atoms with Gasteiger partial charge in [0.2, 0.25) is 5.91 Å². The lowest BCUT2D eigenvalue weighted by Crippen LogP contribution is -2.30. The van der Waals surface area contributed by atoms with E-state index in [4.69, 9.17) is 9.47 Å². The molecule has 3 rings (SSSR count). The molecule has 0 N–H and O–H groups in total. The van der Waals surface area contributed by atoms with Crippen LogP contribution in [-0.4, -0.2) is 37.3 Å². The third-order valence-corrected chi connectivity index (χ3v) is 5.47. The fraction of sp³-hybridized carbons (Fsp3) is 0.316. The maximum absolute atomic E-state index is 13.1. The van der Waals surface area contributed by atoms with Gasteiger partial charge < -0.3 is 14.4 Å². The molecule has 1 heterocycles. The smallest absolute Gasteiger partial charge is 0.233 e. The standard InChI is InChI=1S/C19H20FNO3S/c1-23-16-8-3-13(11-17(16)24-2)9-10-21-18(22)12-25-19(21)14-4-6-15(20)7-5-14/h3-8,11,19H,9-10,12H2,1-2H3/t19-/m0/s1. The van der Waals surface area contributed by atoms with Crippen molar-refractivity contribution in [3.05, 3.63) is 59.4 Å². The third kappa shape index (κ3) is 3.90. The van der Waals surface area contributed by atoms with E-state index in [1.54, 1.807) is 38.1 Å². The molecule has 25 heavy (non-hydrogen) atoms. The van der Waals surface area contributed by atoms with Crippen LogP contribution in [0.25, 0.3) is 0 Å². The van der Waals surface area contributed by atoms with Crippen molar-refractivity contribution in [2.75, 3.05) is 26.5 Å². The van der Waals surface area contributed by atoms with E-state index in [9.17, 15) is 9.18 Å². The van der Waals surface area contributed by atoms with E-state index < -0.39 is 0 Å². The maximum atomic E-state index is 13.1. The second kappa shape index (κ2) is 7.78. The predicted octanol–water partition coefficient (Wildman–Crippen LogP) is 3.66. The lowest BCUT2D eigenvalue weighted by Gasteiger charge is -2.24. The number of hydrogen-bond acceptors (Lipinski definition) is 4. The van der Waals surface area contributed by atoms with Crippen LogP contribution in [0, 0.1) is 5.82 Å². The molecule has 2 aromatic rings. The molecular weight excluding hydrogens is 341 g/mol. The van der Waals surface area contributed by atoms with Gasteiger partial charge in [0.05, 0.1) is 20.0 Å². The minimum absolute atomic E-state index is 0.0618. The highest BCUT2D eigenvalue weighted by atomic mass is 32.2. The van der Waals surface area contributed by atoms with Gasteiger partial charge in [-0.25, -0.2) is 4.39 Å². The van der Waals surface area contributed by atoms with Gasteiger partial charge in [0.1, 0.15) is 11.2 Å². The number of methoxy groups -OCH3 is 2. The van der Waals surface area contributed by atoms with Crippen LogP contribution >= 0.6 is 11.8 Å². The average molecular weight is 361 g/mol. The van der Waals surface area contributed by atoms with Crippen LogP contribution in [0.15, 0.2) is 42.5 Å². The zero-order valence-electron chi connectivity index (χ0n) is 14.2. The molecule has 1 saturated heterocycles. The molecule has 0 bridgehead atoms. The van der Waals surface area contributed by atoms with E-state index in [0.717, 1.165) is 11.1 Å². The molecule has 6 heteroatoms. The summed E-state index contributed by atoms with van der Waals surface area (Å²) in [4.78, 5) is 14.1. The number of ether oxygens (including phenoxy) is 2. The van der Waals surface area contributed by atoms with Crippen molar-refractivity contribution in [1.82, 2.24) is 4.90 Å². The Morgan fingerprint density at radius 2 is 1.84 bits per heavy atom. The van der Waals surface area contributed by atoms with Crippen LogP contribution in [0.5, 0.6) is 11.5 Å². The number of nitrogens with zero attached hydrogens (tertiary/aromatic N) is 1. The first-order valence-corrected chi connectivity index (χ1v) is 9.04. The molecule has 0 unspecified atom stereocenters. The Balaban J connectivity index is 1.72. The molecule has 1 amide bonds. The number of thioether (sulfide) groups is 1. The van der Waals surface area contributed by atoms with Crippen LogP contribution in [0.2, 0.25) is 0 Å². The normalized spacial score (nSPS) is 17.0. The van der Waals surface area contributed by atoms with Crippen LogP contribution in [0.3, 0.4) is 0 Å². The highest BCUT2D eigenvalue weighted by Gasteiger charge is 2.32. The third-order valence-electron chi connectivity index (χ3n) is 4.21. The average Bonchev–Trinajstić information content (AvgIpc) is 3.01. The number of hydrogen-bond donors (Lipinski definition) is 0. The Labute approximate surface area is 150 Å². The van der Waals surface area contributed by atoms with Crippen molar-refractivity contribution in [2.45, 2.75) is 11.8 Å². The van der Waals surface area contributed by atoms with Gasteiger partial charge in [0, 0.05) is 6.54 Å². The van der Waals surface area contributed by atoms with E-state index in [-0.39, 0.29) is 17.1 Å². The van der Waals surface area contributed by atoms with E-state index >= 15 is 0 Å². The van der Waals surface area contributed by atoms with Crippen molar-refractivity contribution < 1.29 is 18.7 Å². The van der Waals surface area contributed by atoms with Gasteiger partial charge in [0.15, 0.2) is 11.5 Å². The first kappa shape index (κ1) is 17.6. The number of benzene rings is 2. The topological polar surface area (TPSA) is 38.8 Å². The molecular formula is C19H20FNO3S. The fourth-order valence-corrected chi connectivity index (χ4v) is 4.10. The summed E-state index contributed by atoms with van der Waals surface area (Å²) in [6.07, 6.45) is 0.713. The van der Waals surface area contributed by atoms with Crippen molar-refractivity contribution in [3.8, 4) is 11.5 Å². The van der Waals surface area contributed by atoms with Gasteiger partial charge in [-0.3, -0.25) is 4.79 Å². The molecule has 132 valence electrons. The lowest BCUT2D eigenvalue weighted by molar-refractivity contribution is -0.128. The minimum Gasteiger partial charge on any atom is -0.493 e. The Bertz CT molecular complexity index is 751. The summed E-state index contributed by atoms with van der Waals surface area (Å²) >= 11 is 1.58. The first-order chi connectivity index (χ1) is 12.1. The molecule has 0 radical (unpaired) electrons. The van der Waals surface area contributed by atoms with Gasteiger partial charge in [-0.1, -0.05) is 18.2 Å². The molecule has 0 aliphatic carbocycles. The summed E-state index contributed by atoms with van der Waals surface area (Å²) in [5, 5.41) is -0.0618. The molecule has 1 aliphatic heterocycles. The largest absolute Gasteiger partial charge is 0.493 e. The van der Waals surface area contributed by atoms with Crippen LogP contribution < -0.4 is 9.47 Å². The summed E-state index contributed by atoms with van der Waals surface area (Å²) in [7, 11) is 3.21. The predicted molar refractivity (Wildman–Crippen MR) is 96.6 cm³/mol. The van der Waals surface area contributed by atoms with E-state index in [1.165, 1.54) is 12.1 Å². The van der Waals surface area contributed by atoms with Crippen molar-refractivity contribution in [2.24, 2.45) is 0 Å². The van der Waals surface area contributed by atoms with E-state index in [2.05, 4.69) is 0 Å². The van der Waals surface area contributed by atoms with Crippen molar-refractivity contribution >= 4 is 17.7 Å². The quantitative estimate of drug-likeness (QED) is 0.787. The summed E-state index contributed by atoms with van der Waals surface area (Å²) in [6.45, 7) is 0.601. The van der Waals surface area contributed by atoms with Gasteiger partial charge in [-0.15, -0.1) is 11.8 Å². The van der Waals surface area contributed by atoms with Crippen LogP contribution in [0.1, 0.15) is 16.5 Å². The second-order valence-electron chi connectivity index (χ2n) is 5.74. The SMILES string of the molecule is COc1ccc(CCN2C(=O)CS[C@H]2c2ccc(F)cc2)cc1OC. The zero-order chi connectivity index (χ0) is 17.8. The van der Waals surface area contributed by atoms with Gasteiger partial charge in [0.25, 0.3) is 0 Å². The fourth-order valence-electron chi connectivity index (χ4n) is 2.89. The molecule has 0 spiro atoms. The molecule has 1 fully saturated rings. The molecule has 0 saturated carbocycles. The van der Waals surface area contributed by atoms with Crippen LogP contribution in [0.4, 0.5) is 4.39 Å². The maximum Gasteiger partial charge on any atom is 0.233 e. The Morgan fingerprint density at radius 3 is 2.52 bits per heavy atom. The monoisotopic (exact) mass is 361 g/mol. The molecule has 4 nitrogen and oxygen atoms in total. The highest BCUT2D eigenvalue weighted by molar-refractivity contribution is 8.00. The van der Waals surface area contributed by atoms with Gasteiger partial charge in [-0.05, 0) is 41.8 Å². The van der Waals surface area contributed by atoms with Crippen molar-refractivity contribution in [1.29, 1.82) is 0 Å². The van der Waals surface area contributed by atoms with E-state index in [0.29, 0.717) is 30.2 Å². The van der Waals surface area contributed by atoms with Crippen LogP contribution in [-0.2, 0) is 11.2 Å². The Kier molecular flexibility index (Phi) is 5.48.